The van der Waals surface area contributed by atoms with E-state index >= 15 is 0 Å². The van der Waals surface area contributed by atoms with Crippen molar-refractivity contribution in [3.63, 3.8) is 0 Å². The number of primary amides is 1. The summed E-state index contributed by atoms with van der Waals surface area (Å²) in [6, 6.07) is 10.0. The molecule has 2 amide bonds. The highest BCUT2D eigenvalue weighted by molar-refractivity contribution is 5.90. The van der Waals surface area contributed by atoms with Gasteiger partial charge in [0, 0.05) is 22.9 Å². The Bertz CT molecular complexity index is 1110. The second-order valence-electron chi connectivity index (χ2n) is 5.08. The van der Waals surface area contributed by atoms with Crippen LogP contribution in [0.1, 0.15) is 0 Å². The molecule has 124 valence electrons. The molecule has 0 fully saturated rings. The molecule has 0 aliphatic rings. The van der Waals surface area contributed by atoms with Crippen molar-refractivity contribution in [2.24, 2.45) is 10.8 Å². The molecule has 3 rings (SSSR count). The van der Waals surface area contributed by atoms with Crippen molar-refractivity contribution >= 4 is 28.2 Å². The summed E-state index contributed by atoms with van der Waals surface area (Å²) in [4.78, 5) is 46.6. The predicted octanol–water partition coefficient (Wildman–Crippen LogP) is 0.745. The SMILES string of the molecule is NC(=O)N(N=c1c(=O)c2ccccc2c1=O)c1cccc([N+](=O)[O-])c1. The average Bonchev–Trinajstić information content (AvgIpc) is 2.84. The molecule has 3 aromatic rings. The molecule has 0 unspecified atom stereocenters. The average molecular weight is 338 g/mol. The molecule has 0 heterocycles. The third kappa shape index (κ3) is 2.74. The zero-order valence-corrected chi connectivity index (χ0v) is 12.6. The quantitative estimate of drug-likeness (QED) is 0.555. The Hall–Kier alpha value is -3.88. The fraction of sp³-hybridized carbons (Fsp3) is 0. The number of anilines is 1. The Balaban J connectivity index is 2.26. The Morgan fingerprint density at radius 3 is 2.16 bits per heavy atom. The van der Waals surface area contributed by atoms with Crippen LogP contribution in [0, 0.1) is 10.1 Å². The van der Waals surface area contributed by atoms with Crippen LogP contribution in [-0.2, 0) is 0 Å². The molecule has 0 aromatic heterocycles. The first-order valence-electron chi connectivity index (χ1n) is 7.01. The first-order chi connectivity index (χ1) is 11.9. The molecule has 9 heteroatoms. The molecule has 0 saturated carbocycles. The van der Waals surface area contributed by atoms with Crippen molar-refractivity contribution in [1.82, 2.24) is 0 Å². The summed E-state index contributed by atoms with van der Waals surface area (Å²) in [7, 11) is 0. The lowest BCUT2D eigenvalue weighted by Crippen LogP contribution is -2.40. The minimum atomic E-state index is -1.09. The molecule has 3 aromatic carbocycles. The zero-order chi connectivity index (χ0) is 18.1. The number of rotatable bonds is 3. The van der Waals surface area contributed by atoms with Gasteiger partial charge in [0.15, 0.2) is 5.36 Å². The van der Waals surface area contributed by atoms with Crippen molar-refractivity contribution in [2.45, 2.75) is 0 Å². The lowest BCUT2D eigenvalue weighted by molar-refractivity contribution is -0.384. The van der Waals surface area contributed by atoms with Gasteiger partial charge in [-0.3, -0.25) is 19.7 Å². The normalized spacial score (nSPS) is 10.6. The second kappa shape index (κ2) is 5.96. The first-order valence-corrected chi connectivity index (χ1v) is 7.01. The van der Waals surface area contributed by atoms with Gasteiger partial charge in [0.25, 0.3) is 5.69 Å². The molecule has 0 spiro atoms. The topological polar surface area (TPSA) is 136 Å². The van der Waals surface area contributed by atoms with Gasteiger partial charge in [-0.05, 0) is 6.07 Å². The van der Waals surface area contributed by atoms with E-state index in [0.29, 0.717) is 5.01 Å². The predicted molar refractivity (Wildman–Crippen MR) is 89.6 cm³/mol. The van der Waals surface area contributed by atoms with E-state index in [1.54, 1.807) is 12.1 Å². The van der Waals surface area contributed by atoms with Crippen LogP contribution in [0.3, 0.4) is 0 Å². The van der Waals surface area contributed by atoms with Gasteiger partial charge in [-0.2, -0.15) is 10.1 Å². The lowest BCUT2D eigenvalue weighted by Gasteiger charge is -2.13. The highest BCUT2D eigenvalue weighted by Gasteiger charge is 2.17. The van der Waals surface area contributed by atoms with Crippen molar-refractivity contribution in [1.29, 1.82) is 0 Å². The molecule has 0 saturated heterocycles. The maximum absolute atomic E-state index is 12.3. The van der Waals surface area contributed by atoms with Gasteiger partial charge in [0.05, 0.1) is 10.6 Å². The van der Waals surface area contributed by atoms with E-state index in [4.69, 9.17) is 5.73 Å². The van der Waals surface area contributed by atoms with E-state index in [9.17, 15) is 24.5 Å². The van der Waals surface area contributed by atoms with Gasteiger partial charge in [-0.15, -0.1) is 0 Å². The summed E-state index contributed by atoms with van der Waals surface area (Å²) in [6.07, 6.45) is 0. The van der Waals surface area contributed by atoms with E-state index < -0.39 is 27.2 Å². The molecule has 25 heavy (non-hydrogen) atoms. The van der Waals surface area contributed by atoms with Gasteiger partial charge in [0.1, 0.15) is 0 Å². The number of nitrogens with two attached hydrogens (primary N) is 1. The number of hydrogen-bond acceptors (Lipinski definition) is 6. The number of amides is 2. The van der Waals surface area contributed by atoms with Crippen LogP contribution in [0.15, 0.2) is 63.2 Å². The van der Waals surface area contributed by atoms with Crippen LogP contribution in [0.4, 0.5) is 16.2 Å². The second-order valence-corrected chi connectivity index (χ2v) is 5.08. The maximum atomic E-state index is 12.3. The van der Waals surface area contributed by atoms with Gasteiger partial charge < -0.3 is 5.73 Å². The Morgan fingerprint density at radius 1 is 1.04 bits per heavy atom. The van der Waals surface area contributed by atoms with Crippen molar-refractivity contribution < 1.29 is 9.72 Å². The standard InChI is InChI=1S/C16H10N4O5/c17-16(23)19(9-4-3-5-10(8-9)20(24)25)18-13-14(21)11-6-1-2-7-12(11)15(13)22/h1-8H,(H2,17,23). The summed E-state index contributed by atoms with van der Waals surface area (Å²) in [5.41, 5.74) is 3.64. The summed E-state index contributed by atoms with van der Waals surface area (Å²) in [6.45, 7) is 0. The smallest absolute Gasteiger partial charge is 0.340 e. The summed E-state index contributed by atoms with van der Waals surface area (Å²) in [5.74, 6) is 0. The largest absolute Gasteiger partial charge is 0.350 e. The van der Waals surface area contributed by atoms with E-state index in [2.05, 4.69) is 5.10 Å². The number of non-ortho nitro benzene ring substituents is 1. The van der Waals surface area contributed by atoms with Crippen molar-refractivity contribution in [3.05, 3.63) is 84.4 Å². The Labute approximate surface area is 139 Å². The van der Waals surface area contributed by atoms with Crippen LogP contribution >= 0.6 is 0 Å². The summed E-state index contributed by atoms with van der Waals surface area (Å²) < 4.78 is 0. The summed E-state index contributed by atoms with van der Waals surface area (Å²) in [5, 5.41) is 15.1. The number of benzene rings is 2. The van der Waals surface area contributed by atoms with E-state index in [0.717, 1.165) is 6.07 Å². The number of fused-ring (bicyclic) bond motifs is 1. The van der Waals surface area contributed by atoms with Crippen LogP contribution in [0.25, 0.3) is 10.8 Å². The highest BCUT2D eigenvalue weighted by Crippen LogP contribution is 2.21. The van der Waals surface area contributed by atoms with Gasteiger partial charge in [0.2, 0.25) is 10.9 Å². The molecule has 0 bridgehead atoms. The number of nitro groups is 1. The molecule has 9 nitrogen and oxygen atoms in total. The molecular formula is C16H10N4O5. The monoisotopic (exact) mass is 338 g/mol. The lowest BCUT2D eigenvalue weighted by atomic mass is 10.2. The van der Waals surface area contributed by atoms with Gasteiger partial charge in [-0.1, -0.05) is 30.3 Å². The van der Waals surface area contributed by atoms with Crippen LogP contribution in [0.5, 0.6) is 0 Å². The first kappa shape index (κ1) is 16.0. The van der Waals surface area contributed by atoms with Gasteiger partial charge in [-0.25, -0.2) is 4.79 Å². The summed E-state index contributed by atoms with van der Waals surface area (Å²) >= 11 is 0. The van der Waals surface area contributed by atoms with Crippen LogP contribution in [0.2, 0.25) is 0 Å². The maximum Gasteiger partial charge on any atom is 0.340 e. The Kier molecular flexibility index (Phi) is 3.82. The molecule has 2 N–H and O–H groups in total. The van der Waals surface area contributed by atoms with Crippen molar-refractivity contribution in [3.8, 4) is 0 Å². The minimum Gasteiger partial charge on any atom is -0.350 e. The number of carbonyl (C=O) groups excluding carboxylic acids is 1. The Morgan fingerprint density at radius 2 is 1.64 bits per heavy atom. The molecule has 0 radical (unpaired) electrons. The van der Waals surface area contributed by atoms with Crippen LogP contribution in [-0.4, -0.2) is 11.0 Å². The van der Waals surface area contributed by atoms with Crippen molar-refractivity contribution in [2.75, 3.05) is 5.01 Å². The van der Waals surface area contributed by atoms with E-state index in [-0.39, 0.29) is 22.1 Å². The highest BCUT2D eigenvalue weighted by atomic mass is 16.6. The minimum absolute atomic E-state index is 0.0363. The van der Waals surface area contributed by atoms with Gasteiger partial charge >= 0.3 is 6.03 Å². The number of carbonyl (C=O) groups is 1. The molecule has 0 atom stereocenters. The van der Waals surface area contributed by atoms with E-state index in [1.807, 2.05) is 0 Å². The number of urea groups is 1. The molecule has 0 aliphatic carbocycles. The van der Waals surface area contributed by atoms with E-state index in [1.165, 1.54) is 30.3 Å². The van der Waals surface area contributed by atoms with Crippen LogP contribution < -0.4 is 27.0 Å². The fourth-order valence-corrected chi connectivity index (χ4v) is 2.40. The fourth-order valence-electron chi connectivity index (χ4n) is 2.40. The third-order valence-corrected chi connectivity index (χ3v) is 3.54. The number of nitrogens with zero attached hydrogens (tertiary/aromatic N) is 3. The number of hydrogen-bond donors (Lipinski definition) is 1. The molecule has 0 aliphatic heterocycles. The third-order valence-electron chi connectivity index (χ3n) is 3.54. The zero-order valence-electron chi connectivity index (χ0n) is 12.6. The number of nitro benzene ring substituents is 1. The molecular weight excluding hydrogens is 328 g/mol.